The Labute approximate surface area is 128 Å². The fraction of sp³-hybridized carbons (Fsp3) is 0.286. The van der Waals surface area contributed by atoms with Gasteiger partial charge in [0.05, 0.1) is 6.04 Å². The lowest BCUT2D eigenvalue weighted by Crippen LogP contribution is -2.37. The number of nitrogens with one attached hydrogen (secondary N) is 2. The van der Waals surface area contributed by atoms with E-state index < -0.39 is 18.0 Å². The molecule has 1 aromatic carbocycles. The highest BCUT2D eigenvalue weighted by Crippen LogP contribution is 2.38. The minimum Gasteiger partial charge on any atom is -0.465 e. The van der Waals surface area contributed by atoms with Crippen molar-refractivity contribution in [2.75, 3.05) is 0 Å². The number of rotatable bonds is 2. The van der Waals surface area contributed by atoms with Gasteiger partial charge in [0.15, 0.2) is 0 Å². The summed E-state index contributed by atoms with van der Waals surface area (Å²) in [5.41, 5.74) is 8.13. The van der Waals surface area contributed by atoms with Crippen molar-refractivity contribution >= 4 is 38.8 Å². The monoisotopic (exact) mass is 351 g/mol. The molecule has 6 nitrogen and oxygen atoms in total. The number of hydrogen-bond acceptors (Lipinski definition) is 2. The third-order valence-corrected chi connectivity index (χ3v) is 4.41. The van der Waals surface area contributed by atoms with E-state index in [0.29, 0.717) is 12.8 Å². The van der Waals surface area contributed by atoms with Crippen LogP contribution < -0.4 is 11.1 Å². The number of hydrogen-bond donors (Lipinski definition) is 4. The Bertz CT molecular complexity index is 740. The van der Waals surface area contributed by atoms with Gasteiger partial charge in [-0.1, -0.05) is 15.9 Å². The van der Waals surface area contributed by atoms with E-state index in [-0.39, 0.29) is 5.92 Å². The van der Waals surface area contributed by atoms with E-state index in [1.165, 1.54) is 0 Å². The van der Waals surface area contributed by atoms with Crippen LogP contribution in [-0.4, -0.2) is 22.1 Å². The summed E-state index contributed by atoms with van der Waals surface area (Å²) in [6.45, 7) is 0. The molecular formula is C14H14BrN3O3. The van der Waals surface area contributed by atoms with Gasteiger partial charge in [-0.05, 0) is 36.6 Å². The maximum absolute atomic E-state index is 11.5. The Morgan fingerprint density at radius 2 is 2.19 bits per heavy atom. The van der Waals surface area contributed by atoms with E-state index in [4.69, 9.17) is 10.8 Å². The Morgan fingerprint density at radius 3 is 2.86 bits per heavy atom. The smallest absolute Gasteiger partial charge is 0.405 e. The first-order chi connectivity index (χ1) is 9.95. The van der Waals surface area contributed by atoms with Crippen LogP contribution in [-0.2, 0) is 11.2 Å². The molecule has 2 aromatic rings. The van der Waals surface area contributed by atoms with Crippen LogP contribution in [0.4, 0.5) is 4.79 Å². The standard InChI is InChI=1S/C14H14BrN3O3/c15-7-1-2-10-8(5-7)9-3-6(13(16)19)4-11(12(9)17-10)18-14(20)21/h1-2,5-6,11,17-18H,3-4H2,(H2,16,19)(H,20,21). The molecule has 2 amide bonds. The lowest BCUT2D eigenvalue weighted by molar-refractivity contribution is -0.122. The van der Waals surface area contributed by atoms with E-state index in [1.54, 1.807) is 0 Å². The highest BCUT2D eigenvalue weighted by molar-refractivity contribution is 9.10. The molecule has 0 radical (unpaired) electrons. The second-order valence-electron chi connectivity index (χ2n) is 5.25. The summed E-state index contributed by atoms with van der Waals surface area (Å²) >= 11 is 3.43. The maximum Gasteiger partial charge on any atom is 0.405 e. The number of halogens is 1. The number of carbonyl (C=O) groups excluding carboxylic acids is 1. The zero-order valence-electron chi connectivity index (χ0n) is 11.0. The Kier molecular flexibility index (Phi) is 3.36. The van der Waals surface area contributed by atoms with Crippen LogP contribution in [0.2, 0.25) is 0 Å². The molecule has 0 bridgehead atoms. The van der Waals surface area contributed by atoms with Crippen molar-refractivity contribution in [1.82, 2.24) is 10.3 Å². The molecule has 0 aliphatic heterocycles. The number of primary amides is 1. The highest BCUT2D eigenvalue weighted by atomic mass is 79.9. The second-order valence-corrected chi connectivity index (χ2v) is 6.16. The van der Waals surface area contributed by atoms with Gasteiger partial charge in [-0.3, -0.25) is 4.79 Å². The zero-order chi connectivity index (χ0) is 15.1. The highest BCUT2D eigenvalue weighted by Gasteiger charge is 2.33. The average Bonchev–Trinajstić information content (AvgIpc) is 2.76. The van der Waals surface area contributed by atoms with Crippen molar-refractivity contribution in [1.29, 1.82) is 0 Å². The number of aromatic nitrogens is 1. The number of carbonyl (C=O) groups is 2. The van der Waals surface area contributed by atoms with Crippen molar-refractivity contribution in [2.45, 2.75) is 18.9 Å². The quantitative estimate of drug-likeness (QED) is 0.666. The van der Waals surface area contributed by atoms with Crippen molar-refractivity contribution in [3.05, 3.63) is 33.9 Å². The Hall–Kier alpha value is -2.02. The molecule has 110 valence electrons. The molecular weight excluding hydrogens is 338 g/mol. The van der Waals surface area contributed by atoms with Crippen LogP contribution in [0, 0.1) is 5.92 Å². The average molecular weight is 352 g/mol. The molecule has 1 heterocycles. The summed E-state index contributed by atoms with van der Waals surface area (Å²) in [6.07, 6.45) is -0.211. The normalized spacial score (nSPS) is 21.0. The van der Waals surface area contributed by atoms with Gasteiger partial charge in [0.1, 0.15) is 0 Å². The van der Waals surface area contributed by atoms with Gasteiger partial charge < -0.3 is 21.1 Å². The number of nitrogens with two attached hydrogens (primary N) is 1. The van der Waals surface area contributed by atoms with E-state index in [2.05, 4.69) is 26.2 Å². The predicted octanol–water partition coefficient (Wildman–Crippen LogP) is 2.29. The summed E-state index contributed by atoms with van der Waals surface area (Å²) in [4.78, 5) is 25.8. The van der Waals surface area contributed by atoms with Crippen LogP contribution in [0.3, 0.4) is 0 Å². The molecule has 0 saturated carbocycles. The third kappa shape index (κ3) is 2.49. The zero-order valence-corrected chi connectivity index (χ0v) is 12.6. The molecule has 1 aromatic heterocycles. The number of benzene rings is 1. The molecule has 0 fully saturated rings. The first-order valence-corrected chi connectivity index (χ1v) is 7.33. The molecule has 21 heavy (non-hydrogen) atoms. The lowest BCUT2D eigenvalue weighted by atomic mass is 9.83. The third-order valence-electron chi connectivity index (χ3n) is 3.92. The van der Waals surface area contributed by atoms with Gasteiger partial charge in [0.25, 0.3) is 0 Å². The SMILES string of the molecule is NC(=O)C1Cc2c([nH]c3ccc(Br)cc23)C(NC(=O)O)C1. The van der Waals surface area contributed by atoms with Crippen LogP contribution in [0.5, 0.6) is 0 Å². The number of amides is 2. The molecule has 7 heteroatoms. The summed E-state index contributed by atoms with van der Waals surface area (Å²) < 4.78 is 0.931. The van der Waals surface area contributed by atoms with Gasteiger partial charge in [0.2, 0.25) is 5.91 Å². The van der Waals surface area contributed by atoms with E-state index >= 15 is 0 Å². The van der Waals surface area contributed by atoms with Crippen molar-refractivity contribution in [2.24, 2.45) is 11.7 Å². The fourth-order valence-electron chi connectivity index (χ4n) is 2.99. The summed E-state index contributed by atoms with van der Waals surface area (Å²) in [5.74, 6) is -0.769. The molecule has 1 aliphatic carbocycles. The largest absolute Gasteiger partial charge is 0.465 e. The summed E-state index contributed by atoms with van der Waals surface area (Å²) in [7, 11) is 0. The topological polar surface area (TPSA) is 108 Å². The van der Waals surface area contributed by atoms with Crippen molar-refractivity contribution in [3.8, 4) is 0 Å². The molecule has 0 saturated heterocycles. The summed E-state index contributed by atoms with van der Waals surface area (Å²) in [5, 5.41) is 12.4. The first kappa shape index (κ1) is 13.9. The van der Waals surface area contributed by atoms with Gasteiger partial charge >= 0.3 is 6.09 Å². The fourth-order valence-corrected chi connectivity index (χ4v) is 3.35. The van der Waals surface area contributed by atoms with Gasteiger partial charge in [-0.15, -0.1) is 0 Å². The lowest BCUT2D eigenvalue weighted by Gasteiger charge is -2.27. The van der Waals surface area contributed by atoms with E-state index in [1.807, 2.05) is 18.2 Å². The van der Waals surface area contributed by atoms with Crippen LogP contribution in [0.1, 0.15) is 23.7 Å². The number of H-pyrrole nitrogens is 1. The van der Waals surface area contributed by atoms with Gasteiger partial charge in [-0.25, -0.2) is 4.79 Å². The minimum atomic E-state index is -1.11. The maximum atomic E-state index is 11.5. The second kappa shape index (κ2) is 5.07. The van der Waals surface area contributed by atoms with E-state index in [9.17, 15) is 9.59 Å². The summed E-state index contributed by atoms with van der Waals surface area (Å²) in [6, 6.07) is 5.35. The predicted molar refractivity (Wildman–Crippen MR) is 80.9 cm³/mol. The molecule has 1 aliphatic rings. The van der Waals surface area contributed by atoms with Crippen LogP contribution >= 0.6 is 15.9 Å². The molecule has 2 atom stereocenters. The van der Waals surface area contributed by atoms with Crippen molar-refractivity contribution < 1.29 is 14.7 Å². The molecule has 3 rings (SSSR count). The number of carboxylic acid groups (broad SMARTS) is 1. The molecule has 0 spiro atoms. The molecule has 5 N–H and O–H groups in total. The Balaban J connectivity index is 2.14. The number of fused-ring (bicyclic) bond motifs is 3. The minimum absolute atomic E-state index is 0.368. The first-order valence-electron chi connectivity index (χ1n) is 6.54. The van der Waals surface area contributed by atoms with Crippen LogP contribution in [0.25, 0.3) is 10.9 Å². The van der Waals surface area contributed by atoms with Crippen LogP contribution in [0.15, 0.2) is 22.7 Å². The Morgan fingerprint density at radius 1 is 1.43 bits per heavy atom. The van der Waals surface area contributed by atoms with Crippen molar-refractivity contribution in [3.63, 3.8) is 0 Å². The molecule has 2 unspecified atom stereocenters. The van der Waals surface area contributed by atoms with E-state index in [0.717, 1.165) is 26.6 Å². The van der Waals surface area contributed by atoms with Gasteiger partial charge in [0, 0.05) is 27.0 Å². The van der Waals surface area contributed by atoms with Gasteiger partial charge in [-0.2, -0.15) is 0 Å². The number of aromatic amines is 1.